The van der Waals surface area contributed by atoms with Crippen molar-refractivity contribution in [3.8, 4) is 0 Å². The zero-order valence-electron chi connectivity index (χ0n) is 15.5. The lowest BCUT2D eigenvalue weighted by Gasteiger charge is -2.08. The Balaban J connectivity index is 1.59. The molecule has 0 saturated carbocycles. The van der Waals surface area contributed by atoms with Crippen LogP contribution >= 0.6 is 11.8 Å². The normalized spacial score (nSPS) is 18.2. The van der Waals surface area contributed by atoms with Gasteiger partial charge in [-0.15, -0.1) is 5.10 Å². The quantitative estimate of drug-likeness (QED) is 0.455. The van der Waals surface area contributed by atoms with Crippen LogP contribution in [0.25, 0.3) is 0 Å². The van der Waals surface area contributed by atoms with E-state index in [1.54, 1.807) is 12.1 Å². The van der Waals surface area contributed by atoms with Crippen LogP contribution < -0.4 is 5.32 Å². The molecule has 144 valence electrons. The molecule has 1 fully saturated rings. The lowest BCUT2D eigenvalue weighted by Crippen LogP contribution is -2.25. The van der Waals surface area contributed by atoms with Crippen LogP contribution in [0.2, 0.25) is 0 Å². The number of amidine groups is 1. The second-order valence-corrected chi connectivity index (χ2v) is 7.89. The van der Waals surface area contributed by atoms with Crippen molar-refractivity contribution < 1.29 is 9.72 Å². The van der Waals surface area contributed by atoms with Crippen molar-refractivity contribution in [1.82, 2.24) is 5.32 Å². The second kappa shape index (κ2) is 8.79. The Morgan fingerprint density at radius 1 is 1.18 bits per heavy atom. The predicted molar refractivity (Wildman–Crippen MR) is 112 cm³/mol. The summed E-state index contributed by atoms with van der Waals surface area (Å²) in [6, 6.07) is 14.3. The third-order valence-electron chi connectivity index (χ3n) is 4.30. The molecule has 0 unspecified atom stereocenters. The highest BCUT2D eigenvalue weighted by atomic mass is 32.2. The van der Waals surface area contributed by atoms with Crippen molar-refractivity contribution in [2.24, 2.45) is 10.2 Å². The van der Waals surface area contributed by atoms with E-state index in [4.69, 9.17) is 0 Å². The number of amides is 1. The standard InChI is InChI=1S/C20H20N4O3S/c1-13(2)16-7-3-14(4-8-16)11-18-19(25)22-20(28-18)23-21-12-15-5-9-17(10-6-15)24(26)27/h3-10,12-13,18H,11H2,1-2H3,(H,22,23,25)/b21-12-/t18-/m1/s1. The van der Waals surface area contributed by atoms with E-state index in [-0.39, 0.29) is 16.8 Å². The SMILES string of the molecule is CC(C)c1ccc(C[C@H]2S/C(=N\N=C/c3ccc([N+](=O)[O-])cc3)NC2=O)cc1. The first-order valence-corrected chi connectivity index (χ1v) is 9.72. The molecule has 1 saturated heterocycles. The summed E-state index contributed by atoms with van der Waals surface area (Å²) in [5, 5.41) is 21.6. The second-order valence-electron chi connectivity index (χ2n) is 6.69. The number of rotatable bonds is 6. The molecule has 0 aliphatic carbocycles. The molecule has 8 heteroatoms. The van der Waals surface area contributed by atoms with Gasteiger partial charge in [-0.2, -0.15) is 5.10 Å². The number of hydrogen-bond donors (Lipinski definition) is 1. The summed E-state index contributed by atoms with van der Waals surface area (Å²) in [5.74, 6) is 0.396. The molecule has 3 rings (SSSR count). The Morgan fingerprint density at radius 3 is 2.46 bits per heavy atom. The molecule has 2 aromatic carbocycles. The van der Waals surface area contributed by atoms with Crippen molar-refractivity contribution in [3.05, 3.63) is 75.3 Å². The van der Waals surface area contributed by atoms with E-state index in [0.717, 1.165) is 5.56 Å². The van der Waals surface area contributed by atoms with Gasteiger partial charge in [0.05, 0.1) is 16.4 Å². The zero-order chi connectivity index (χ0) is 20.1. The molecule has 0 aromatic heterocycles. The fourth-order valence-corrected chi connectivity index (χ4v) is 3.63. The van der Waals surface area contributed by atoms with Gasteiger partial charge in [0, 0.05) is 12.1 Å². The largest absolute Gasteiger partial charge is 0.303 e. The van der Waals surface area contributed by atoms with Crippen LogP contribution in [0, 0.1) is 10.1 Å². The highest BCUT2D eigenvalue weighted by Crippen LogP contribution is 2.24. The van der Waals surface area contributed by atoms with Gasteiger partial charge in [-0.1, -0.05) is 49.9 Å². The first kappa shape index (κ1) is 19.8. The first-order chi connectivity index (χ1) is 13.4. The molecule has 7 nitrogen and oxygen atoms in total. The molecule has 1 aliphatic rings. The van der Waals surface area contributed by atoms with Gasteiger partial charge in [0.1, 0.15) is 0 Å². The molecule has 1 amide bonds. The molecule has 0 radical (unpaired) electrons. The Hall–Kier alpha value is -3.00. The summed E-state index contributed by atoms with van der Waals surface area (Å²) >= 11 is 1.35. The number of nitro groups is 1. The van der Waals surface area contributed by atoms with Gasteiger partial charge >= 0.3 is 0 Å². The highest BCUT2D eigenvalue weighted by molar-refractivity contribution is 8.15. The van der Waals surface area contributed by atoms with E-state index >= 15 is 0 Å². The maximum Gasteiger partial charge on any atom is 0.269 e. The summed E-state index contributed by atoms with van der Waals surface area (Å²) in [6.07, 6.45) is 2.11. The minimum atomic E-state index is -0.456. The first-order valence-electron chi connectivity index (χ1n) is 8.84. The summed E-state index contributed by atoms with van der Waals surface area (Å²) in [7, 11) is 0. The maximum absolute atomic E-state index is 12.2. The van der Waals surface area contributed by atoms with E-state index in [1.165, 1.54) is 35.7 Å². The fraction of sp³-hybridized carbons (Fsp3) is 0.250. The van der Waals surface area contributed by atoms with Gasteiger partial charge in [0.2, 0.25) is 5.91 Å². The molecule has 1 aliphatic heterocycles. The molecular weight excluding hydrogens is 376 g/mol. The van der Waals surface area contributed by atoms with Crippen molar-refractivity contribution in [3.63, 3.8) is 0 Å². The molecule has 28 heavy (non-hydrogen) atoms. The highest BCUT2D eigenvalue weighted by Gasteiger charge is 2.30. The summed E-state index contributed by atoms with van der Waals surface area (Å²) in [6.45, 7) is 4.30. The number of nitrogens with one attached hydrogen (secondary N) is 1. The van der Waals surface area contributed by atoms with E-state index in [1.807, 2.05) is 0 Å². The summed E-state index contributed by atoms with van der Waals surface area (Å²) in [5.41, 5.74) is 3.08. The lowest BCUT2D eigenvalue weighted by atomic mass is 10.0. The van der Waals surface area contributed by atoms with Crippen molar-refractivity contribution in [2.45, 2.75) is 31.4 Å². The maximum atomic E-state index is 12.2. The fourth-order valence-electron chi connectivity index (χ4n) is 2.67. The van der Waals surface area contributed by atoms with Gasteiger partial charge in [-0.05, 0) is 41.2 Å². The topological polar surface area (TPSA) is 97.0 Å². The number of non-ortho nitro benzene ring substituents is 1. The molecule has 1 atom stereocenters. The van der Waals surface area contributed by atoms with Crippen LogP contribution in [0.4, 0.5) is 5.69 Å². The van der Waals surface area contributed by atoms with Crippen LogP contribution in [-0.2, 0) is 11.2 Å². The Kier molecular flexibility index (Phi) is 6.20. The van der Waals surface area contributed by atoms with Crippen LogP contribution in [0.3, 0.4) is 0 Å². The number of carbonyl (C=O) groups excluding carboxylic acids is 1. The lowest BCUT2D eigenvalue weighted by molar-refractivity contribution is -0.384. The van der Waals surface area contributed by atoms with E-state index in [0.29, 0.717) is 23.1 Å². The van der Waals surface area contributed by atoms with Gasteiger partial charge in [0.15, 0.2) is 5.17 Å². The number of carbonyl (C=O) groups is 1. The van der Waals surface area contributed by atoms with Crippen molar-refractivity contribution in [2.75, 3.05) is 0 Å². The van der Waals surface area contributed by atoms with Crippen molar-refractivity contribution in [1.29, 1.82) is 0 Å². The average molecular weight is 396 g/mol. The Labute approximate surface area is 167 Å². The average Bonchev–Trinajstić information content (AvgIpc) is 3.02. The number of thioether (sulfide) groups is 1. The molecular formula is C20H20N4O3S. The third kappa shape index (κ3) is 5.04. The van der Waals surface area contributed by atoms with Crippen LogP contribution in [0.1, 0.15) is 36.5 Å². The summed E-state index contributed by atoms with van der Waals surface area (Å²) < 4.78 is 0. The monoisotopic (exact) mass is 396 g/mol. The van der Waals surface area contributed by atoms with Gasteiger partial charge in [-0.3, -0.25) is 14.9 Å². The van der Waals surface area contributed by atoms with E-state index < -0.39 is 4.92 Å². The Bertz CT molecular complexity index is 921. The number of nitrogens with zero attached hydrogens (tertiary/aromatic N) is 3. The third-order valence-corrected chi connectivity index (χ3v) is 5.38. The minimum Gasteiger partial charge on any atom is -0.303 e. The zero-order valence-corrected chi connectivity index (χ0v) is 16.3. The van der Waals surface area contributed by atoms with Crippen LogP contribution in [0.15, 0.2) is 58.7 Å². The molecule has 1 N–H and O–H groups in total. The van der Waals surface area contributed by atoms with Gasteiger partial charge in [0.25, 0.3) is 5.69 Å². The number of hydrogen-bond acceptors (Lipinski definition) is 6. The van der Waals surface area contributed by atoms with Gasteiger partial charge in [-0.25, -0.2) is 0 Å². The molecule has 0 bridgehead atoms. The molecule has 0 spiro atoms. The van der Waals surface area contributed by atoms with E-state index in [9.17, 15) is 14.9 Å². The number of nitro benzene ring substituents is 1. The smallest absolute Gasteiger partial charge is 0.269 e. The predicted octanol–water partition coefficient (Wildman–Crippen LogP) is 3.88. The van der Waals surface area contributed by atoms with Gasteiger partial charge < -0.3 is 5.32 Å². The van der Waals surface area contributed by atoms with E-state index in [2.05, 4.69) is 53.6 Å². The minimum absolute atomic E-state index is 0.0198. The summed E-state index contributed by atoms with van der Waals surface area (Å²) in [4.78, 5) is 22.4. The Morgan fingerprint density at radius 2 is 1.86 bits per heavy atom. The molecule has 2 aromatic rings. The molecule has 1 heterocycles. The van der Waals surface area contributed by atoms with Crippen LogP contribution in [-0.4, -0.2) is 27.5 Å². The van der Waals surface area contributed by atoms with Crippen molar-refractivity contribution >= 4 is 34.7 Å². The van der Waals surface area contributed by atoms with Crippen LogP contribution in [0.5, 0.6) is 0 Å². The number of benzene rings is 2.